The van der Waals surface area contributed by atoms with Crippen LogP contribution in [0.15, 0.2) is 16.8 Å². The van der Waals surface area contributed by atoms with E-state index in [0.29, 0.717) is 24.9 Å². The molecule has 21 heavy (non-hydrogen) atoms. The molecule has 0 aromatic carbocycles. The van der Waals surface area contributed by atoms with Crippen molar-refractivity contribution in [1.29, 1.82) is 0 Å². The highest BCUT2D eigenvalue weighted by atomic mass is 35.5. The van der Waals surface area contributed by atoms with Gasteiger partial charge in [0.2, 0.25) is 5.91 Å². The largest absolute Gasteiger partial charge is 0.352 e. The third-order valence-electron chi connectivity index (χ3n) is 3.33. The molecule has 1 fully saturated rings. The van der Waals surface area contributed by atoms with Crippen molar-refractivity contribution in [2.75, 3.05) is 32.7 Å². The highest BCUT2D eigenvalue weighted by Gasteiger charge is 2.14. The second-order valence-electron chi connectivity index (χ2n) is 4.86. The van der Waals surface area contributed by atoms with Gasteiger partial charge in [-0.25, -0.2) is 0 Å². The predicted molar refractivity (Wildman–Crippen MR) is 87.2 cm³/mol. The smallest absolute Gasteiger partial charge is 0.252 e. The number of halogens is 1. The van der Waals surface area contributed by atoms with Crippen LogP contribution in [-0.2, 0) is 4.79 Å². The minimum atomic E-state index is -0.0577. The van der Waals surface area contributed by atoms with Crippen molar-refractivity contribution in [3.63, 3.8) is 0 Å². The Bertz CT molecular complexity index is 431. The fourth-order valence-corrected chi connectivity index (χ4v) is 2.83. The average Bonchev–Trinajstić information content (AvgIpc) is 2.85. The van der Waals surface area contributed by atoms with Gasteiger partial charge in [-0.3, -0.25) is 9.59 Å². The van der Waals surface area contributed by atoms with Crippen molar-refractivity contribution in [1.82, 2.24) is 15.5 Å². The lowest BCUT2D eigenvalue weighted by Crippen LogP contribution is -2.34. The normalized spacial score (nSPS) is 15.0. The minimum absolute atomic E-state index is 0. The molecule has 0 atom stereocenters. The summed E-state index contributed by atoms with van der Waals surface area (Å²) >= 11 is 1.51. The molecule has 2 heterocycles. The molecule has 0 bridgehead atoms. The highest BCUT2D eigenvalue weighted by Crippen LogP contribution is 2.05. The lowest BCUT2D eigenvalue weighted by atomic mass is 10.2. The Hall–Kier alpha value is -1.11. The number of carbonyl (C=O) groups is 2. The Morgan fingerprint density at radius 2 is 2.19 bits per heavy atom. The zero-order valence-corrected chi connectivity index (χ0v) is 13.6. The van der Waals surface area contributed by atoms with Crippen LogP contribution in [0.2, 0.25) is 0 Å². The summed E-state index contributed by atoms with van der Waals surface area (Å²) in [6, 6.07) is 1.80. The van der Waals surface area contributed by atoms with Gasteiger partial charge in [-0.05, 0) is 30.8 Å². The van der Waals surface area contributed by atoms with Gasteiger partial charge < -0.3 is 15.5 Å². The Morgan fingerprint density at radius 3 is 2.95 bits per heavy atom. The molecule has 1 aliphatic rings. The van der Waals surface area contributed by atoms with E-state index in [1.807, 2.05) is 15.7 Å². The first-order valence-electron chi connectivity index (χ1n) is 7.06. The van der Waals surface area contributed by atoms with Crippen LogP contribution in [0, 0.1) is 0 Å². The number of carbonyl (C=O) groups excluding carboxylic acids is 2. The first-order chi connectivity index (χ1) is 9.77. The van der Waals surface area contributed by atoms with Crippen LogP contribution in [0.3, 0.4) is 0 Å². The average molecular weight is 332 g/mol. The molecule has 0 unspecified atom stereocenters. The lowest BCUT2D eigenvalue weighted by molar-refractivity contribution is -0.131. The number of nitrogens with zero attached hydrogens (tertiary/aromatic N) is 1. The van der Waals surface area contributed by atoms with E-state index in [1.54, 1.807) is 6.07 Å². The molecule has 1 saturated heterocycles. The van der Waals surface area contributed by atoms with Crippen molar-refractivity contribution in [2.24, 2.45) is 0 Å². The van der Waals surface area contributed by atoms with Gasteiger partial charge in [0.25, 0.3) is 5.91 Å². The summed E-state index contributed by atoms with van der Waals surface area (Å²) in [7, 11) is 0. The van der Waals surface area contributed by atoms with Gasteiger partial charge >= 0.3 is 0 Å². The van der Waals surface area contributed by atoms with Crippen LogP contribution >= 0.6 is 23.7 Å². The summed E-state index contributed by atoms with van der Waals surface area (Å²) in [5, 5.41) is 9.83. The van der Waals surface area contributed by atoms with Gasteiger partial charge in [0.05, 0.1) is 0 Å². The molecule has 2 rings (SSSR count). The molecule has 2 amide bonds. The molecule has 1 aromatic rings. The van der Waals surface area contributed by atoms with Crippen molar-refractivity contribution < 1.29 is 9.59 Å². The SMILES string of the molecule is Cl.O=C(NCCCC(=O)N1CCCNCC1)c1ccsc1. The fourth-order valence-electron chi connectivity index (χ4n) is 2.19. The van der Waals surface area contributed by atoms with Gasteiger partial charge in [-0.1, -0.05) is 0 Å². The highest BCUT2D eigenvalue weighted by molar-refractivity contribution is 7.08. The second kappa shape index (κ2) is 9.76. The minimum Gasteiger partial charge on any atom is -0.352 e. The fraction of sp³-hybridized carbons (Fsp3) is 0.571. The molecular formula is C14H22ClN3O2S. The third kappa shape index (κ3) is 6.03. The summed E-state index contributed by atoms with van der Waals surface area (Å²) in [4.78, 5) is 25.6. The molecule has 1 aliphatic heterocycles. The van der Waals surface area contributed by atoms with Gasteiger partial charge in [0.1, 0.15) is 0 Å². The Kier molecular flexibility index (Phi) is 8.34. The summed E-state index contributed by atoms with van der Waals surface area (Å²) < 4.78 is 0. The van der Waals surface area contributed by atoms with E-state index in [-0.39, 0.29) is 24.2 Å². The summed E-state index contributed by atoms with van der Waals surface area (Å²) in [5.41, 5.74) is 0.694. The zero-order chi connectivity index (χ0) is 14.2. The summed E-state index contributed by atoms with van der Waals surface area (Å²) in [5.74, 6) is 0.135. The molecule has 0 aliphatic carbocycles. The molecule has 2 N–H and O–H groups in total. The maximum Gasteiger partial charge on any atom is 0.252 e. The maximum absolute atomic E-state index is 12.0. The first-order valence-corrected chi connectivity index (χ1v) is 8.00. The maximum atomic E-state index is 12.0. The molecule has 5 nitrogen and oxygen atoms in total. The third-order valence-corrected chi connectivity index (χ3v) is 4.01. The van der Waals surface area contributed by atoms with E-state index >= 15 is 0 Å². The summed E-state index contributed by atoms with van der Waals surface area (Å²) in [6.45, 7) is 4.04. The van der Waals surface area contributed by atoms with Crippen LogP contribution in [0.25, 0.3) is 0 Å². The van der Waals surface area contributed by atoms with Crippen LogP contribution in [0.4, 0.5) is 0 Å². The number of hydrogen-bond acceptors (Lipinski definition) is 4. The van der Waals surface area contributed by atoms with Crippen molar-refractivity contribution in [3.05, 3.63) is 22.4 Å². The van der Waals surface area contributed by atoms with E-state index in [0.717, 1.165) is 32.6 Å². The van der Waals surface area contributed by atoms with Crippen LogP contribution in [0.5, 0.6) is 0 Å². The van der Waals surface area contributed by atoms with Crippen LogP contribution in [0.1, 0.15) is 29.6 Å². The molecule has 118 valence electrons. The Balaban J connectivity index is 0.00000220. The van der Waals surface area contributed by atoms with E-state index in [2.05, 4.69) is 10.6 Å². The van der Waals surface area contributed by atoms with E-state index in [1.165, 1.54) is 11.3 Å². The molecule has 0 spiro atoms. The van der Waals surface area contributed by atoms with Crippen LogP contribution in [-0.4, -0.2) is 49.4 Å². The standard InChI is InChI=1S/C14H21N3O2S.ClH/c18-13(17-8-2-5-15-7-9-17)3-1-6-16-14(19)12-4-10-20-11-12;/h4,10-11,15H,1-3,5-9H2,(H,16,19);1H. The van der Waals surface area contributed by atoms with Gasteiger partial charge in [0, 0.05) is 43.5 Å². The van der Waals surface area contributed by atoms with E-state index in [9.17, 15) is 9.59 Å². The van der Waals surface area contributed by atoms with Crippen molar-refractivity contribution in [3.8, 4) is 0 Å². The molecule has 1 aromatic heterocycles. The molecule has 0 saturated carbocycles. The number of rotatable bonds is 5. The van der Waals surface area contributed by atoms with E-state index in [4.69, 9.17) is 0 Å². The first kappa shape index (κ1) is 17.9. The predicted octanol–water partition coefficient (Wildman–Crippen LogP) is 1.50. The number of thiophene rings is 1. The van der Waals surface area contributed by atoms with E-state index < -0.39 is 0 Å². The molecular weight excluding hydrogens is 310 g/mol. The lowest BCUT2D eigenvalue weighted by Gasteiger charge is -2.19. The monoisotopic (exact) mass is 331 g/mol. The Morgan fingerprint density at radius 1 is 1.33 bits per heavy atom. The molecule has 0 radical (unpaired) electrons. The number of hydrogen-bond donors (Lipinski definition) is 2. The van der Waals surface area contributed by atoms with Gasteiger partial charge in [-0.2, -0.15) is 11.3 Å². The number of amides is 2. The van der Waals surface area contributed by atoms with Gasteiger partial charge in [0.15, 0.2) is 0 Å². The number of nitrogens with one attached hydrogen (secondary N) is 2. The molecule has 7 heteroatoms. The second-order valence-corrected chi connectivity index (χ2v) is 5.64. The summed E-state index contributed by atoms with van der Waals surface area (Å²) in [6.07, 6.45) is 2.21. The van der Waals surface area contributed by atoms with Crippen LogP contribution < -0.4 is 10.6 Å². The van der Waals surface area contributed by atoms with Crippen molar-refractivity contribution in [2.45, 2.75) is 19.3 Å². The zero-order valence-electron chi connectivity index (χ0n) is 12.0. The Labute approximate surface area is 135 Å². The van der Waals surface area contributed by atoms with Crippen molar-refractivity contribution >= 4 is 35.6 Å². The van der Waals surface area contributed by atoms with Gasteiger partial charge in [-0.15, -0.1) is 12.4 Å². The topological polar surface area (TPSA) is 61.4 Å². The quantitative estimate of drug-likeness (QED) is 0.804.